The number of ether oxygens (including phenoxy) is 2. The van der Waals surface area contributed by atoms with E-state index in [9.17, 15) is 9.59 Å². The van der Waals surface area contributed by atoms with Gasteiger partial charge in [-0.2, -0.15) is 0 Å². The van der Waals surface area contributed by atoms with Gasteiger partial charge in [0.15, 0.2) is 0 Å². The lowest BCUT2D eigenvalue weighted by Crippen LogP contribution is -2.12. The van der Waals surface area contributed by atoms with Crippen molar-refractivity contribution < 1.29 is 19.1 Å². The molecule has 0 aliphatic rings. The van der Waals surface area contributed by atoms with Crippen LogP contribution in [-0.4, -0.2) is 35.6 Å². The third-order valence-electron chi connectivity index (χ3n) is 2.98. The van der Waals surface area contributed by atoms with Crippen LogP contribution in [0.1, 0.15) is 33.3 Å². The van der Waals surface area contributed by atoms with Crippen LogP contribution < -0.4 is 0 Å². The predicted molar refractivity (Wildman–Crippen MR) is 76.1 cm³/mol. The van der Waals surface area contributed by atoms with Crippen molar-refractivity contribution >= 4 is 11.9 Å². The molecule has 2 aromatic heterocycles. The summed E-state index contributed by atoms with van der Waals surface area (Å²) in [5.41, 5.74) is 1.87. The number of hydrogen-bond donors (Lipinski definition) is 1. The maximum Gasteiger partial charge on any atom is 0.341 e. The number of carbonyl (C=O) groups is 2. The molecule has 0 atom stereocenters. The first-order valence-corrected chi connectivity index (χ1v) is 6.49. The number of methoxy groups -OCH3 is 1. The number of esters is 2. The van der Waals surface area contributed by atoms with Crippen LogP contribution >= 0.6 is 0 Å². The van der Waals surface area contributed by atoms with Crippen molar-refractivity contribution in [2.75, 3.05) is 13.7 Å². The van der Waals surface area contributed by atoms with Crippen LogP contribution in [-0.2, 0) is 9.47 Å². The van der Waals surface area contributed by atoms with Gasteiger partial charge in [-0.25, -0.2) is 9.59 Å². The summed E-state index contributed by atoms with van der Waals surface area (Å²) in [7, 11) is 1.27. The molecule has 0 radical (unpaired) electrons. The van der Waals surface area contributed by atoms with Crippen LogP contribution in [0.25, 0.3) is 11.4 Å². The van der Waals surface area contributed by atoms with E-state index in [1.165, 1.54) is 7.11 Å². The molecule has 110 valence electrons. The number of aryl methyl sites for hydroxylation is 1. The molecule has 0 spiro atoms. The second-order valence-corrected chi connectivity index (χ2v) is 4.30. The van der Waals surface area contributed by atoms with Crippen molar-refractivity contribution in [3.8, 4) is 11.4 Å². The molecule has 2 heterocycles. The molecule has 0 fully saturated rings. The molecule has 6 heteroatoms. The van der Waals surface area contributed by atoms with E-state index in [0.29, 0.717) is 17.1 Å². The molecule has 0 aliphatic carbocycles. The Bertz CT molecular complexity index is 662. The van der Waals surface area contributed by atoms with Crippen molar-refractivity contribution in [1.29, 1.82) is 0 Å². The van der Waals surface area contributed by atoms with E-state index in [4.69, 9.17) is 9.47 Å². The lowest BCUT2D eigenvalue weighted by Gasteiger charge is -2.05. The summed E-state index contributed by atoms with van der Waals surface area (Å²) < 4.78 is 9.79. The Morgan fingerprint density at radius 1 is 1.24 bits per heavy atom. The number of aromatic nitrogens is 2. The highest BCUT2D eigenvalue weighted by atomic mass is 16.5. The minimum absolute atomic E-state index is 0.146. The van der Waals surface area contributed by atoms with Crippen LogP contribution in [0.5, 0.6) is 0 Å². The summed E-state index contributed by atoms with van der Waals surface area (Å²) in [6, 6.07) is 5.31. The topological polar surface area (TPSA) is 81.3 Å². The van der Waals surface area contributed by atoms with E-state index in [2.05, 4.69) is 9.97 Å². The Labute approximate surface area is 122 Å². The second kappa shape index (κ2) is 6.21. The molecule has 1 N–H and O–H groups in total. The number of nitrogens with zero attached hydrogens (tertiary/aromatic N) is 1. The summed E-state index contributed by atoms with van der Waals surface area (Å²) in [5, 5.41) is 0. The minimum Gasteiger partial charge on any atom is -0.465 e. The van der Waals surface area contributed by atoms with E-state index >= 15 is 0 Å². The van der Waals surface area contributed by atoms with Gasteiger partial charge in [-0.05, 0) is 26.0 Å². The first kappa shape index (κ1) is 14.8. The maximum absolute atomic E-state index is 12.1. The van der Waals surface area contributed by atoms with Crippen LogP contribution in [0.3, 0.4) is 0 Å². The fourth-order valence-corrected chi connectivity index (χ4v) is 2.09. The molecule has 0 unspecified atom stereocenters. The molecule has 2 rings (SSSR count). The van der Waals surface area contributed by atoms with Crippen molar-refractivity contribution in [2.45, 2.75) is 13.8 Å². The summed E-state index contributed by atoms with van der Waals surface area (Å²) in [6.07, 6.45) is 1.61. The predicted octanol–water partition coefficient (Wildman–Crippen LogP) is 2.35. The molecular weight excluding hydrogens is 272 g/mol. The second-order valence-electron chi connectivity index (χ2n) is 4.30. The zero-order chi connectivity index (χ0) is 15.4. The highest BCUT2D eigenvalue weighted by Crippen LogP contribution is 2.28. The molecule has 0 aliphatic heterocycles. The first-order chi connectivity index (χ1) is 10.1. The Morgan fingerprint density at radius 3 is 2.57 bits per heavy atom. The van der Waals surface area contributed by atoms with Gasteiger partial charge < -0.3 is 14.5 Å². The molecule has 0 amide bonds. The van der Waals surface area contributed by atoms with Crippen molar-refractivity contribution in [3.05, 3.63) is 41.2 Å². The molecule has 0 saturated heterocycles. The molecule has 0 bridgehead atoms. The third kappa shape index (κ3) is 2.79. The monoisotopic (exact) mass is 288 g/mol. The van der Waals surface area contributed by atoms with Gasteiger partial charge in [0.05, 0.1) is 30.7 Å². The zero-order valence-electron chi connectivity index (χ0n) is 12.1. The van der Waals surface area contributed by atoms with Gasteiger partial charge in [0.2, 0.25) is 0 Å². The van der Waals surface area contributed by atoms with Crippen LogP contribution in [0.15, 0.2) is 24.4 Å². The number of nitrogens with one attached hydrogen (secondary N) is 1. The molecule has 0 saturated carbocycles. The fourth-order valence-electron chi connectivity index (χ4n) is 2.09. The van der Waals surface area contributed by atoms with Crippen LogP contribution in [0.4, 0.5) is 0 Å². The van der Waals surface area contributed by atoms with Crippen molar-refractivity contribution in [1.82, 2.24) is 9.97 Å². The van der Waals surface area contributed by atoms with Crippen LogP contribution in [0.2, 0.25) is 0 Å². The highest BCUT2D eigenvalue weighted by Gasteiger charge is 2.28. The zero-order valence-corrected chi connectivity index (χ0v) is 12.1. The lowest BCUT2D eigenvalue weighted by atomic mass is 10.1. The van der Waals surface area contributed by atoms with E-state index < -0.39 is 11.9 Å². The summed E-state index contributed by atoms with van der Waals surface area (Å²) in [4.78, 5) is 31.4. The standard InChI is InChI=1S/C15H16N2O4/c1-4-21-15(19)11-9(2)17-13(12(11)14(18)20-3)10-7-5-6-8-16-10/h5-8,17H,4H2,1-3H3. The largest absolute Gasteiger partial charge is 0.465 e. The normalized spacial score (nSPS) is 10.2. The quantitative estimate of drug-likeness (QED) is 0.873. The average Bonchev–Trinajstić information content (AvgIpc) is 2.85. The number of aromatic amines is 1. The number of carbonyl (C=O) groups excluding carboxylic acids is 2. The summed E-state index contributed by atoms with van der Waals surface area (Å²) >= 11 is 0. The maximum atomic E-state index is 12.1. The smallest absolute Gasteiger partial charge is 0.341 e. The number of pyridine rings is 1. The fraction of sp³-hybridized carbons (Fsp3) is 0.267. The van der Waals surface area contributed by atoms with Gasteiger partial charge in [-0.1, -0.05) is 6.07 Å². The summed E-state index contributed by atoms with van der Waals surface area (Å²) in [6.45, 7) is 3.63. The minimum atomic E-state index is -0.608. The Kier molecular flexibility index (Phi) is 4.37. The Balaban J connectivity index is 2.64. The van der Waals surface area contributed by atoms with Crippen molar-refractivity contribution in [3.63, 3.8) is 0 Å². The molecule has 21 heavy (non-hydrogen) atoms. The van der Waals surface area contributed by atoms with E-state index in [0.717, 1.165) is 0 Å². The number of rotatable bonds is 4. The van der Waals surface area contributed by atoms with E-state index in [1.54, 1.807) is 38.2 Å². The van der Waals surface area contributed by atoms with E-state index in [-0.39, 0.29) is 17.7 Å². The SMILES string of the molecule is CCOC(=O)c1c(C)[nH]c(-c2ccccn2)c1C(=O)OC. The summed E-state index contributed by atoms with van der Waals surface area (Å²) in [5.74, 6) is -1.17. The van der Waals surface area contributed by atoms with Gasteiger partial charge >= 0.3 is 11.9 Å². The third-order valence-corrected chi connectivity index (χ3v) is 2.98. The first-order valence-electron chi connectivity index (χ1n) is 6.49. The van der Waals surface area contributed by atoms with Crippen LogP contribution in [0, 0.1) is 6.92 Å². The Morgan fingerprint density at radius 2 is 2.00 bits per heavy atom. The number of hydrogen-bond acceptors (Lipinski definition) is 5. The van der Waals surface area contributed by atoms with Gasteiger partial charge in [0, 0.05) is 11.9 Å². The van der Waals surface area contributed by atoms with Gasteiger partial charge in [0.1, 0.15) is 5.56 Å². The van der Waals surface area contributed by atoms with Gasteiger partial charge in [-0.15, -0.1) is 0 Å². The average molecular weight is 288 g/mol. The molecule has 6 nitrogen and oxygen atoms in total. The lowest BCUT2D eigenvalue weighted by molar-refractivity contribution is 0.0504. The van der Waals surface area contributed by atoms with Gasteiger partial charge in [0.25, 0.3) is 0 Å². The molecule has 0 aromatic carbocycles. The molecule has 2 aromatic rings. The van der Waals surface area contributed by atoms with E-state index in [1.807, 2.05) is 0 Å². The van der Waals surface area contributed by atoms with Crippen molar-refractivity contribution in [2.24, 2.45) is 0 Å². The van der Waals surface area contributed by atoms with Gasteiger partial charge in [-0.3, -0.25) is 4.98 Å². The molecular formula is C15H16N2O4. The Hall–Kier alpha value is -2.63. The number of H-pyrrole nitrogens is 1. The highest BCUT2D eigenvalue weighted by molar-refractivity contribution is 6.08.